The van der Waals surface area contributed by atoms with Crippen LogP contribution >= 0.6 is 11.3 Å². The average Bonchev–Trinajstić information content (AvgIpc) is 2.75. The maximum absolute atomic E-state index is 12.2. The molecule has 0 N–H and O–H groups in total. The number of carbonyl (C=O) groups excluding carboxylic acids is 1. The second kappa shape index (κ2) is 4.58. The second-order valence-electron chi connectivity index (χ2n) is 3.64. The molecule has 2 heterocycles. The van der Waals surface area contributed by atoms with Crippen molar-refractivity contribution in [2.24, 2.45) is 0 Å². The van der Waals surface area contributed by atoms with Crippen molar-refractivity contribution in [3.05, 3.63) is 51.5 Å². The molecule has 2 rings (SSSR count). The smallest absolute Gasteiger partial charge is 0.212 e. The number of rotatable bonds is 3. The van der Waals surface area contributed by atoms with Crippen LogP contribution in [-0.4, -0.2) is 10.8 Å². The molecular weight excluding hydrogens is 218 g/mol. The highest BCUT2D eigenvalue weighted by Crippen LogP contribution is 2.18. The van der Waals surface area contributed by atoms with E-state index in [0.717, 1.165) is 22.4 Å². The van der Waals surface area contributed by atoms with Crippen LogP contribution in [0.2, 0.25) is 0 Å². The van der Waals surface area contributed by atoms with Crippen molar-refractivity contribution in [2.75, 3.05) is 0 Å². The Balaban J connectivity index is 2.41. The minimum absolute atomic E-state index is 0.0294. The summed E-state index contributed by atoms with van der Waals surface area (Å²) in [7, 11) is 0. The van der Waals surface area contributed by atoms with Gasteiger partial charge >= 0.3 is 0 Å². The second-order valence-corrected chi connectivity index (χ2v) is 4.76. The number of thiophene rings is 1. The molecular formula is C13H13NOS. The highest BCUT2D eigenvalue weighted by Gasteiger charge is 2.14. The lowest BCUT2D eigenvalue weighted by Crippen LogP contribution is -2.06. The fraction of sp³-hybridized carbons (Fsp3) is 0.231. The summed E-state index contributed by atoms with van der Waals surface area (Å²) in [6, 6.07) is 5.75. The van der Waals surface area contributed by atoms with Gasteiger partial charge in [0.15, 0.2) is 0 Å². The van der Waals surface area contributed by atoms with E-state index in [1.54, 1.807) is 17.5 Å². The fourth-order valence-corrected chi connectivity index (χ4v) is 2.31. The number of carbonyl (C=O) groups is 1. The highest BCUT2D eigenvalue weighted by atomic mass is 32.1. The quantitative estimate of drug-likeness (QED) is 0.759. The highest BCUT2D eigenvalue weighted by molar-refractivity contribution is 7.10. The van der Waals surface area contributed by atoms with Gasteiger partial charge in [-0.1, -0.05) is 13.0 Å². The van der Waals surface area contributed by atoms with E-state index in [9.17, 15) is 4.79 Å². The lowest BCUT2D eigenvalue weighted by Gasteiger charge is -2.03. The molecule has 2 aromatic heterocycles. The van der Waals surface area contributed by atoms with Crippen molar-refractivity contribution in [1.82, 2.24) is 4.98 Å². The van der Waals surface area contributed by atoms with E-state index in [1.165, 1.54) is 0 Å². The summed E-state index contributed by atoms with van der Waals surface area (Å²) < 4.78 is 0. The van der Waals surface area contributed by atoms with E-state index >= 15 is 0 Å². The van der Waals surface area contributed by atoms with Crippen molar-refractivity contribution in [1.29, 1.82) is 0 Å². The zero-order chi connectivity index (χ0) is 11.5. The predicted molar refractivity (Wildman–Crippen MR) is 66.1 cm³/mol. The van der Waals surface area contributed by atoms with Gasteiger partial charge in [-0.15, -0.1) is 11.3 Å². The number of pyridine rings is 1. The third-order valence-corrected chi connectivity index (χ3v) is 3.34. The van der Waals surface area contributed by atoms with Gasteiger partial charge in [0.2, 0.25) is 5.78 Å². The standard InChI is InChI=1S/C13H13NOS/c1-3-10-5-4-6-14-12(10)13(15)11-7-9(2)16-8-11/h4-8H,3H2,1-2H3. The van der Waals surface area contributed by atoms with Crippen molar-refractivity contribution < 1.29 is 4.79 Å². The van der Waals surface area contributed by atoms with Crippen LogP contribution in [0.4, 0.5) is 0 Å². The van der Waals surface area contributed by atoms with Crippen LogP contribution in [0.3, 0.4) is 0 Å². The molecule has 3 heteroatoms. The Hall–Kier alpha value is -1.48. The molecule has 0 bridgehead atoms. The van der Waals surface area contributed by atoms with Gasteiger partial charge in [-0.25, -0.2) is 0 Å². The topological polar surface area (TPSA) is 30.0 Å². The third-order valence-electron chi connectivity index (χ3n) is 2.48. The molecule has 0 amide bonds. The lowest BCUT2D eigenvalue weighted by atomic mass is 10.0. The fourth-order valence-electron chi connectivity index (χ4n) is 1.63. The Labute approximate surface area is 99.0 Å². The molecule has 0 fully saturated rings. The summed E-state index contributed by atoms with van der Waals surface area (Å²) in [4.78, 5) is 17.5. The Bertz CT molecular complexity index is 516. The minimum atomic E-state index is 0.0294. The van der Waals surface area contributed by atoms with Gasteiger partial charge in [0.05, 0.1) is 0 Å². The Morgan fingerprint density at radius 1 is 1.50 bits per heavy atom. The first-order valence-electron chi connectivity index (χ1n) is 5.26. The van der Waals surface area contributed by atoms with Gasteiger partial charge in [0, 0.05) is 22.0 Å². The van der Waals surface area contributed by atoms with Crippen LogP contribution < -0.4 is 0 Å². The molecule has 0 radical (unpaired) electrons. The van der Waals surface area contributed by atoms with Crippen molar-refractivity contribution in [2.45, 2.75) is 20.3 Å². The molecule has 2 aromatic rings. The largest absolute Gasteiger partial charge is 0.287 e. The van der Waals surface area contributed by atoms with E-state index < -0.39 is 0 Å². The van der Waals surface area contributed by atoms with Gasteiger partial charge in [0.25, 0.3) is 0 Å². The van der Waals surface area contributed by atoms with Crippen LogP contribution in [0.5, 0.6) is 0 Å². The van der Waals surface area contributed by atoms with Gasteiger partial charge < -0.3 is 0 Å². The van der Waals surface area contributed by atoms with Gasteiger partial charge in [-0.3, -0.25) is 9.78 Å². The summed E-state index contributed by atoms with van der Waals surface area (Å²) in [6.07, 6.45) is 2.50. The first kappa shape index (κ1) is 11.0. The summed E-state index contributed by atoms with van der Waals surface area (Å²) in [6.45, 7) is 4.03. The minimum Gasteiger partial charge on any atom is -0.287 e. The molecule has 0 unspecified atom stereocenters. The average molecular weight is 231 g/mol. The van der Waals surface area contributed by atoms with Gasteiger partial charge in [-0.2, -0.15) is 0 Å². The van der Waals surface area contributed by atoms with Crippen LogP contribution in [0.1, 0.15) is 33.4 Å². The van der Waals surface area contributed by atoms with E-state index in [1.807, 2.05) is 37.4 Å². The molecule has 0 atom stereocenters. The maximum atomic E-state index is 12.2. The Morgan fingerprint density at radius 2 is 2.31 bits per heavy atom. The summed E-state index contributed by atoms with van der Waals surface area (Å²) in [5, 5.41) is 1.89. The number of hydrogen-bond donors (Lipinski definition) is 0. The Kier molecular flexibility index (Phi) is 3.15. The molecule has 0 saturated carbocycles. The first-order valence-corrected chi connectivity index (χ1v) is 6.14. The molecule has 16 heavy (non-hydrogen) atoms. The number of nitrogens with zero attached hydrogens (tertiary/aromatic N) is 1. The lowest BCUT2D eigenvalue weighted by molar-refractivity contribution is 0.103. The van der Waals surface area contributed by atoms with Crippen molar-refractivity contribution in [3.63, 3.8) is 0 Å². The number of hydrogen-bond acceptors (Lipinski definition) is 3. The van der Waals surface area contributed by atoms with Crippen LogP contribution in [0.25, 0.3) is 0 Å². The van der Waals surface area contributed by atoms with Gasteiger partial charge in [-0.05, 0) is 31.0 Å². The summed E-state index contributed by atoms with van der Waals surface area (Å²) >= 11 is 1.59. The number of aryl methyl sites for hydroxylation is 2. The monoisotopic (exact) mass is 231 g/mol. The zero-order valence-corrected chi connectivity index (χ0v) is 10.2. The molecule has 0 aliphatic carbocycles. The number of ketones is 1. The SMILES string of the molecule is CCc1cccnc1C(=O)c1csc(C)c1. The predicted octanol–water partition coefficient (Wildman–Crippen LogP) is 3.24. The first-order chi connectivity index (χ1) is 7.72. The molecule has 82 valence electrons. The van der Waals surface area contributed by atoms with E-state index in [0.29, 0.717) is 5.69 Å². The zero-order valence-electron chi connectivity index (χ0n) is 9.36. The van der Waals surface area contributed by atoms with Crippen molar-refractivity contribution in [3.8, 4) is 0 Å². The normalized spacial score (nSPS) is 10.4. The van der Waals surface area contributed by atoms with Crippen molar-refractivity contribution >= 4 is 17.1 Å². The van der Waals surface area contributed by atoms with E-state index in [4.69, 9.17) is 0 Å². The number of aromatic nitrogens is 1. The molecule has 0 aliphatic rings. The molecule has 0 spiro atoms. The summed E-state index contributed by atoms with van der Waals surface area (Å²) in [5.41, 5.74) is 2.34. The van der Waals surface area contributed by atoms with Crippen LogP contribution in [0.15, 0.2) is 29.8 Å². The molecule has 0 saturated heterocycles. The summed E-state index contributed by atoms with van der Waals surface area (Å²) in [5.74, 6) is 0.0294. The van der Waals surface area contributed by atoms with Crippen LogP contribution in [0, 0.1) is 6.92 Å². The molecule has 0 aromatic carbocycles. The van der Waals surface area contributed by atoms with E-state index in [2.05, 4.69) is 4.98 Å². The molecule has 2 nitrogen and oxygen atoms in total. The van der Waals surface area contributed by atoms with E-state index in [-0.39, 0.29) is 5.78 Å². The van der Waals surface area contributed by atoms with Gasteiger partial charge in [0.1, 0.15) is 5.69 Å². The third kappa shape index (κ3) is 2.04. The van der Waals surface area contributed by atoms with Crippen LogP contribution in [-0.2, 0) is 6.42 Å². The maximum Gasteiger partial charge on any atom is 0.212 e. The molecule has 0 aliphatic heterocycles. The Morgan fingerprint density at radius 3 is 2.94 bits per heavy atom.